The number of carbonyl (C=O) groups is 1. The second-order valence-electron chi connectivity index (χ2n) is 7.11. The first-order chi connectivity index (χ1) is 13.2. The number of hydrogen-bond acceptors (Lipinski definition) is 5. The Morgan fingerprint density at radius 2 is 1.63 bits per heavy atom. The minimum Gasteiger partial charge on any atom is -0.368 e. The van der Waals surface area contributed by atoms with Crippen LogP contribution >= 0.6 is 0 Å². The van der Waals surface area contributed by atoms with Crippen LogP contribution in [0.3, 0.4) is 0 Å². The van der Waals surface area contributed by atoms with E-state index in [2.05, 4.69) is 19.8 Å². The van der Waals surface area contributed by atoms with E-state index in [0.29, 0.717) is 0 Å². The molecule has 1 amide bonds. The fourth-order valence-corrected chi connectivity index (χ4v) is 3.91. The highest BCUT2D eigenvalue weighted by Crippen LogP contribution is 2.24. The molecule has 0 aliphatic carbocycles. The van der Waals surface area contributed by atoms with Crippen molar-refractivity contribution in [2.75, 3.05) is 49.1 Å². The number of nitrogens with zero attached hydrogens (tertiary/aromatic N) is 5. The maximum absolute atomic E-state index is 13.1. The zero-order chi connectivity index (χ0) is 18.6. The monoisotopic (exact) mass is 369 g/mol. The summed E-state index contributed by atoms with van der Waals surface area (Å²) in [5, 5.41) is 0. The molecule has 0 radical (unpaired) electrons. The number of piperazine rings is 1. The van der Waals surface area contributed by atoms with Crippen LogP contribution in [-0.4, -0.2) is 60.0 Å². The third-order valence-corrected chi connectivity index (χ3v) is 5.50. The van der Waals surface area contributed by atoms with E-state index < -0.39 is 0 Å². The van der Waals surface area contributed by atoms with Crippen LogP contribution in [0, 0.1) is 11.7 Å². The van der Waals surface area contributed by atoms with Crippen LogP contribution in [-0.2, 0) is 4.79 Å². The molecule has 6 nitrogen and oxygen atoms in total. The van der Waals surface area contributed by atoms with Gasteiger partial charge in [0.05, 0.1) is 6.20 Å². The number of piperidine rings is 1. The summed E-state index contributed by atoms with van der Waals surface area (Å²) >= 11 is 0. The van der Waals surface area contributed by atoms with Crippen molar-refractivity contribution in [2.45, 2.75) is 12.8 Å². The van der Waals surface area contributed by atoms with Gasteiger partial charge in [0.2, 0.25) is 5.91 Å². The highest BCUT2D eigenvalue weighted by molar-refractivity contribution is 5.79. The lowest BCUT2D eigenvalue weighted by Gasteiger charge is -2.39. The molecule has 2 aliphatic heterocycles. The Morgan fingerprint density at radius 1 is 0.926 bits per heavy atom. The number of anilines is 2. The van der Waals surface area contributed by atoms with Gasteiger partial charge in [0.15, 0.2) is 0 Å². The normalized spacial score (nSPS) is 18.6. The summed E-state index contributed by atoms with van der Waals surface area (Å²) < 4.78 is 13.1. The maximum atomic E-state index is 13.1. The first-order valence-corrected chi connectivity index (χ1v) is 9.51. The average molecular weight is 369 g/mol. The molecule has 142 valence electrons. The second-order valence-corrected chi connectivity index (χ2v) is 7.11. The van der Waals surface area contributed by atoms with E-state index in [-0.39, 0.29) is 17.6 Å². The molecule has 0 spiro atoms. The smallest absolute Gasteiger partial charge is 0.225 e. The van der Waals surface area contributed by atoms with Crippen molar-refractivity contribution in [3.63, 3.8) is 0 Å². The van der Waals surface area contributed by atoms with Crippen LogP contribution in [0.4, 0.5) is 15.9 Å². The van der Waals surface area contributed by atoms with E-state index in [9.17, 15) is 9.18 Å². The van der Waals surface area contributed by atoms with Gasteiger partial charge in [0, 0.05) is 63.3 Å². The van der Waals surface area contributed by atoms with E-state index in [0.717, 1.165) is 63.6 Å². The quantitative estimate of drug-likeness (QED) is 0.830. The molecule has 1 aromatic carbocycles. The summed E-state index contributed by atoms with van der Waals surface area (Å²) in [5.74, 6) is 1.03. The minimum atomic E-state index is -0.222. The summed E-state index contributed by atoms with van der Waals surface area (Å²) in [6.45, 7) is 4.70. The van der Waals surface area contributed by atoms with Gasteiger partial charge in [-0.2, -0.15) is 0 Å². The standard InChI is InChI=1S/C20H24FN5O/c21-17-1-3-18(4-2-17)24-11-13-26(14-12-24)20(27)16-5-9-25(10-6-16)19-15-22-7-8-23-19/h1-4,7-8,15-16H,5-6,9-14H2. The molecule has 2 aliphatic rings. The first-order valence-electron chi connectivity index (χ1n) is 9.51. The lowest BCUT2D eigenvalue weighted by atomic mass is 9.95. The van der Waals surface area contributed by atoms with Gasteiger partial charge >= 0.3 is 0 Å². The highest BCUT2D eigenvalue weighted by Gasteiger charge is 2.30. The van der Waals surface area contributed by atoms with Crippen molar-refractivity contribution >= 4 is 17.4 Å². The molecule has 4 rings (SSSR count). The first kappa shape index (κ1) is 17.7. The van der Waals surface area contributed by atoms with Gasteiger partial charge in [0.1, 0.15) is 11.6 Å². The van der Waals surface area contributed by atoms with E-state index in [4.69, 9.17) is 0 Å². The average Bonchev–Trinajstić information content (AvgIpc) is 2.75. The maximum Gasteiger partial charge on any atom is 0.225 e. The molecule has 0 saturated carbocycles. The Morgan fingerprint density at radius 3 is 2.26 bits per heavy atom. The molecule has 2 fully saturated rings. The third kappa shape index (κ3) is 4.02. The number of halogens is 1. The second kappa shape index (κ2) is 7.90. The molecule has 0 bridgehead atoms. The fourth-order valence-electron chi connectivity index (χ4n) is 3.91. The van der Waals surface area contributed by atoms with Crippen LogP contribution in [0.1, 0.15) is 12.8 Å². The Balaban J connectivity index is 1.28. The molecule has 2 aromatic rings. The van der Waals surface area contributed by atoms with Crippen molar-refractivity contribution in [3.8, 4) is 0 Å². The molecular formula is C20H24FN5O. The van der Waals surface area contributed by atoms with Crippen LogP contribution in [0.2, 0.25) is 0 Å². The summed E-state index contributed by atoms with van der Waals surface area (Å²) in [5.41, 5.74) is 1.01. The number of carbonyl (C=O) groups excluding carboxylic acids is 1. The predicted octanol–water partition coefficient (Wildman–Crippen LogP) is 2.18. The Labute approximate surface area is 158 Å². The van der Waals surface area contributed by atoms with Gasteiger partial charge in [0.25, 0.3) is 0 Å². The third-order valence-electron chi connectivity index (χ3n) is 5.50. The lowest BCUT2D eigenvalue weighted by molar-refractivity contribution is -0.136. The zero-order valence-electron chi connectivity index (χ0n) is 15.3. The van der Waals surface area contributed by atoms with Gasteiger partial charge in [-0.15, -0.1) is 0 Å². The number of benzene rings is 1. The molecule has 0 N–H and O–H groups in total. The van der Waals surface area contributed by atoms with Gasteiger partial charge in [-0.3, -0.25) is 9.78 Å². The van der Waals surface area contributed by atoms with E-state index in [1.54, 1.807) is 30.7 Å². The number of hydrogen-bond donors (Lipinski definition) is 0. The van der Waals surface area contributed by atoms with Crippen molar-refractivity contribution in [1.29, 1.82) is 0 Å². The summed E-state index contributed by atoms with van der Waals surface area (Å²) in [6, 6.07) is 6.57. The number of aromatic nitrogens is 2. The fraction of sp³-hybridized carbons (Fsp3) is 0.450. The van der Waals surface area contributed by atoms with Crippen molar-refractivity contribution in [2.24, 2.45) is 5.92 Å². The number of rotatable bonds is 3. The highest BCUT2D eigenvalue weighted by atomic mass is 19.1. The van der Waals surface area contributed by atoms with E-state index >= 15 is 0 Å². The topological polar surface area (TPSA) is 52.6 Å². The Kier molecular flexibility index (Phi) is 5.18. The SMILES string of the molecule is O=C(C1CCN(c2cnccn2)CC1)N1CCN(c2ccc(F)cc2)CC1. The van der Waals surface area contributed by atoms with Gasteiger partial charge in [-0.25, -0.2) is 9.37 Å². The summed E-state index contributed by atoms with van der Waals surface area (Å²) in [7, 11) is 0. The lowest BCUT2D eigenvalue weighted by Crippen LogP contribution is -2.51. The van der Waals surface area contributed by atoms with E-state index in [1.165, 1.54) is 12.1 Å². The van der Waals surface area contributed by atoms with Gasteiger partial charge < -0.3 is 14.7 Å². The Hall–Kier alpha value is -2.70. The summed E-state index contributed by atoms with van der Waals surface area (Å²) in [6.07, 6.45) is 6.86. The van der Waals surface area contributed by atoms with Crippen molar-refractivity contribution < 1.29 is 9.18 Å². The molecule has 3 heterocycles. The van der Waals surface area contributed by atoms with Crippen LogP contribution < -0.4 is 9.80 Å². The predicted molar refractivity (Wildman–Crippen MR) is 102 cm³/mol. The van der Waals surface area contributed by atoms with Crippen molar-refractivity contribution in [1.82, 2.24) is 14.9 Å². The largest absolute Gasteiger partial charge is 0.368 e. The van der Waals surface area contributed by atoms with Crippen LogP contribution in [0.5, 0.6) is 0 Å². The molecule has 2 saturated heterocycles. The molecule has 0 atom stereocenters. The molecule has 1 aromatic heterocycles. The molecule has 27 heavy (non-hydrogen) atoms. The molecule has 7 heteroatoms. The Bertz CT molecular complexity index is 754. The zero-order valence-corrected chi connectivity index (χ0v) is 15.3. The minimum absolute atomic E-state index is 0.0929. The van der Waals surface area contributed by atoms with Crippen LogP contribution in [0.15, 0.2) is 42.9 Å². The number of amides is 1. The van der Waals surface area contributed by atoms with Gasteiger partial charge in [-0.1, -0.05) is 0 Å². The van der Waals surface area contributed by atoms with E-state index in [1.807, 2.05) is 4.90 Å². The molecular weight excluding hydrogens is 345 g/mol. The van der Waals surface area contributed by atoms with Crippen LogP contribution in [0.25, 0.3) is 0 Å². The summed E-state index contributed by atoms with van der Waals surface area (Å²) in [4.78, 5) is 27.8. The molecule has 0 unspecified atom stereocenters. The van der Waals surface area contributed by atoms with Gasteiger partial charge in [-0.05, 0) is 37.1 Å². The van der Waals surface area contributed by atoms with Crippen molar-refractivity contribution in [3.05, 3.63) is 48.7 Å².